The third-order valence-electron chi connectivity index (χ3n) is 3.38. The standard InChI is InChI=1S/C19H20O3/c1-2-6-17(13-19(20)21)16-9-11-18(12-10-16)22-14-15-7-4-3-5-8-15/h2-12,17H,13-14H2,1H3,(H,20,21). The molecule has 0 aliphatic carbocycles. The number of carboxylic acids is 1. The molecule has 0 aromatic heterocycles. The Balaban J connectivity index is 2.01. The van der Waals surface area contributed by atoms with Crippen LogP contribution in [0.1, 0.15) is 30.4 Å². The molecule has 0 saturated carbocycles. The van der Waals surface area contributed by atoms with Crippen LogP contribution in [0.5, 0.6) is 5.75 Å². The molecule has 2 aromatic rings. The zero-order valence-corrected chi connectivity index (χ0v) is 12.6. The van der Waals surface area contributed by atoms with Crippen LogP contribution in [0.2, 0.25) is 0 Å². The first-order chi connectivity index (χ1) is 10.7. The van der Waals surface area contributed by atoms with E-state index in [0.29, 0.717) is 6.61 Å². The summed E-state index contributed by atoms with van der Waals surface area (Å²) in [6.07, 6.45) is 3.88. The normalized spacial score (nSPS) is 12.2. The molecule has 22 heavy (non-hydrogen) atoms. The minimum atomic E-state index is -0.799. The molecule has 0 saturated heterocycles. The maximum absolute atomic E-state index is 10.9. The third-order valence-corrected chi connectivity index (χ3v) is 3.38. The first-order valence-corrected chi connectivity index (χ1v) is 7.30. The summed E-state index contributed by atoms with van der Waals surface area (Å²) in [5.74, 6) is -0.125. The van der Waals surface area contributed by atoms with Gasteiger partial charge in [-0.25, -0.2) is 0 Å². The highest BCUT2D eigenvalue weighted by Crippen LogP contribution is 2.24. The lowest BCUT2D eigenvalue weighted by Crippen LogP contribution is -2.04. The minimum Gasteiger partial charge on any atom is -0.489 e. The Hall–Kier alpha value is -2.55. The van der Waals surface area contributed by atoms with Gasteiger partial charge in [-0.15, -0.1) is 0 Å². The molecular formula is C19H20O3. The highest BCUT2D eigenvalue weighted by molar-refractivity contribution is 5.68. The van der Waals surface area contributed by atoms with Gasteiger partial charge in [0.25, 0.3) is 0 Å². The maximum Gasteiger partial charge on any atom is 0.304 e. The van der Waals surface area contributed by atoms with E-state index in [-0.39, 0.29) is 12.3 Å². The van der Waals surface area contributed by atoms with Gasteiger partial charge in [-0.05, 0) is 30.2 Å². The van der Waals surface area contributed by atoms with Gasteiger partial charge in [0.15, 0.2) is 0 Å². The molecule has 0 radical (unpaired) electrons. The first kappa shape index (κ1) is 15.8. The van der Waals surface area contributed by atoms with Gasteiger partial charge >= 0.3 is 5.97 Å². The van der Waals surface area contributed by atoms with Crippen LogP contribution in [0.3, 0.4) is 0 Å². The highest BCUT2D eigenvalue weighted by atomic mass is 16.5. The van der Waals surface area contributed by atoms with E-state index in [1.54, 1.807) is 0 Å². The number of carbonyl (C=O) groups is 1. The smallest absolute Gasteiger partial charge is 0.304 e. The van der Waals surface area contributed by atoms with Crippen molar-refractivity contribution in [3.63, 3.8) is 0 Å². The van der Waals surface area contributed by atoms with Crippen molar-refractivity contribution in [1.82, 2.24) is 0 Å². The summed E-state index contributed by atoms with van der Waals surface area (Å²) in [6.45, 7) is 2.42. The quantitative estimate of drug-likeness (QED) is 0.770. The van der Waals surface area contributed by atoms with Crippen molar-refractivity contribution >= 4 is 5.97 Å². The molecule has 1 atom stereocenters. The predicted molar refractivity (Wildman–Crippen MR) is 87.0 cm³/mol. The van der Waals surface area contributed by atoms with Gasteiger partial charge < -0.3 is 9.84 Å². The topological polar surface area (TPSA) is 46.5 Å². The molecule has 0 spiro atoms. The molecule has 0 bridgehead atoms. The van der Waals surface area contributed by atoms with E-state index in [1.165, 1.54) is 0 Å². The van der Waals surface area contributed by atoms with E-state index in [1.807, 2.05) is 73.7 Å². The number of ether oxygens (including phenoxy) is 1. The maximum atomic E-state index is 10.9. The highest BCUT2D eigenvalue weighted by Gasteiger charge is 2.12. The molecule has 1 N–H and O–H groups in total. The zero-order chi connectivity index (χ0) is 15.8. The van der Waals surface area contributed by atoms with Gasteiger partial charge in [-0.3, -0.25) is 4.79 Å². The van der Waals surface area contributed by atoms with Crippen LogP contribution in [0, 0.1) is 0 Å². The minimum absolute atomic E-state index is 0.0918. The second kappa shape index (κ2) is 8.03. The van der Waals surface area contributed by atoms with Crippen molar-refractivity contribution in [3.8, 4) is 5.75 Å². The lowest BCUT2D eigenvalue weighted by atomic mass is 9.95. The summed E-state index contributed by atoms with van der Waals surface area (Å²) in [6, 6.07) is 17.6. The number of hydrogen-bond acceptors (Lipinski definition) is 2. The molecule has 0 aliphatic rings. The zero-order valence-electron chi connectivity index (χ0n) is 12.6. The van der Waals surface area contributed by atoms with Gasteiger partial charge in [0.2, 0.25) is 0 Å². The van der Waals surface area contributed by atoms with Crippen molar-refractivity contribution in [2.45, 2.75) is 25.9 Å². The fourth-order valence-corrected chi connectivity index (χ4v) is 2.27. The number of rotatable bonds is 7. The van der Waals surface area contributed by atoms with Crippen molar-refractivity contribution in [2.75, 3.05) is 0 Å². The van der Waals surface area contributed by atoms with Crippen LogP contribution >= 0.6 is 0 Å². The lowest BCUT2D eigenvalue weighted by molar-refractivity contribution is -0.137. The summed E-state index contributed by atoms with van der Waals surface area (Å²) in [7, 11) is 0. The van der Waals surface area contributed by atoms with Crippen LogP contribution < -0.4 is 4.74 Å². The third kappa shape index (κ3) is 4.77. The fourth-order valence-electron chi connectivity index (χ4n) is 2.27. The Morgan fingerprint density at radius 2 is 1.82 bits per heavy atom. The Labute approximate surface area is 130 Å². The van der Waals surface area contributed by atoms with Crippen LogP contribution in [0.25, 0.3) is 0 Å². The average Bonchev–Trinajstić information content (AvgIpc) is 2.54. The van der Waals surface area contributed by atoms with Crippen molar-refractivity contribution in [3.05, 3.63) is 77.9 Å². The number of aliphatic carboxylic acids is 1. The largest absolute Gasteiger partial charge is 0.489 e. The van der Waals surface area contributed by atoms with Gasteiger partial charge in [-0.2, -0.15) is 0 Å². The van der Waals surface area contributed by atoms with Gasteiger partial charge in [0.1, 0.15) is 12.4 Å². The van der Waals surface area contributed by atoms with E-state index < -0.39 is 5.97 Å². The van der Waals surface area contributed by atoms with Crippen LogP contribution in [0.15, 0.2) is 66.7 Å². The van der Waals surface area contributed by atoms with E-state index >= 15 is 0 Å². The SMILES string of the molecule is CC=CC(CC(=O)O)c1ccc(OCc2ccccc2)cc1. The predicted octanol–water partition coefficient (Wildman–Crippen LogP) is 4.40. The Bertz CT molecular complexity index is 615. The molecule has 0 aliphatic heterocycles. The summed E-state index contributed by atoms with van der Waals surface area (Å²) in [4.78, 5) is 10.9. The van der Waals surface area contributed by atoms with Gasteiger partial charge in [-0.1, -0.05) is 54.6 Å². The van der Waals surface area contributed by atoms with Crippen LogP contribution in [-0.2, 0) is 11.4 Å². The molecule has 0 fully saturated rings. The summed E-state index contributed by atoms with van der Waals surface area (Å²) < 4.78 is 5.73. The fraction of sp³-hybridized carbons (Fsp3) is 0.211. The van der Waals surface area contributed by atoms with E-state index in [4.69, 9.17) is 9.84 Å². The van der Waals surface area contributed by atoms with Gasteiger partial charge in [0, 0.05) is 5.92 Å². The number of carboxylic acid groups (broad SMARTS) is 1. The van der Waals surface area contributed by atoms with Crippen LogP contribution in [0.4, 0.5) is 0 Å². The van der Waals surface area contributed by atoms with Gasteiger partial charge in [0.05, 0.1) is 6.42 Å². The molecule has 2 rings (SSSR count). The molecule has 0 amide bonds. The summed E-state index contributed by atoms with van der Waals surface area (Å²) in [5.41, 5.74) is 2.09. The summed E-state index contributed by atoms with van der Waals surface area (Å²) in [5, 5.41) is 8.98. The van der Waals surface area contributed by atoms with Crippen LogP contribution in [-0.4, -0.2) is 11.1 Å². The second-order valence-corrected chi connectivity index (χ2v) is 5.07. The van der Waals surface area contributed by atoms with Crippen molar-refractivity contribution < 1.29 is 14.6 Å². The molecule has 3 heteroatoms. The Morgan fingerprint density at radius 3 is 2.41 bits per heavy atom. The average molecular weight is 296 g/mol. The molecule has 114 valence electrons. The number of benzene rings is 2. The molecule has 1 unspecified atom stereocenters. The lowest BCUT2D eigenvalue weighted by Gasteiger charge is -2.12. The monoisotopic (exact) mass is 296 g/mol. The van der Waals surface area contributed by atoms with Crippen molar-refractivity contribution in [2.24, 2.45) is 0 Å². The van der Waals surface area contributed by atoms with Crippen molar-refractivity contribution in [1.29, 1.82) is 0 Å². The first-order valence-electron chi connectivity index (χ1n) is 7.30. The Morgan fingerprint density at radius 1 is 1.14 bits per heavy atom. The second-order valence-electron chi connectivity index (χ2n) is 5.07. The number of allylic oxidation sites excluding steroid dienone is 2. The molecule has 0 heterocycles. The Kier molecular flexibility index (Phi) is 5.78. The molecule has 3 nitrogen and oxygen atoms in total. The van der Waals surface area contributed by atoms with E-state index in [9.17, 15) is 4.79 Å². The molecule has 2 aromatic carbocycles. The van der Waals surface area contributed by atoms with E-state index in [2.05, 4.69) is 0 Å². The molecular weight excluding hydrogens is 276 g/mol. The van der Waals surface area contributed by atoms with E-state index in [0.717, 1.165) is 16.9 Å². The summed E-state index contributed by atoms with van der Waals surface area (Å²) >= 11 is 0. The number of hydrogen-bond donors (Lipinski definition) is 1.